The number of carbonyl (C=O) groups excluding carboxylic acids is 1. The lowest BCUT2D eigenvalue weighted by molar-refractivity contribution is -0.153. The normalized spacial score (nSPS) is 15.7. The smallest absolute Gasteiger partial charge is 0.315 e. The topological polar surface area (TPSA) is 87.7 Å². The number of methoxy groups -OCH3 is 1. The van der Waals surface area contributed by atoms with Crippen LogP contribution in [0.25, 0.3) is 0 Å². The van der Waals surface area contributed by atoms with E-state index in [1.54, 1.807) is 7.11 Å². The van der Waals surface area contributed by atoms with Crippen LogP contribution in [0.1, 0.15) is 24.8 Å². The van der Waals surface area contributed by atoms with Crippen molar-refractivity contribution in [3.63, 3.8) is 0 Å². The Labute approximate surface area is 123 Å². The highest BCUT2D eigenvalue weighted by atomic mass is 16.5. The molecule has 1 fully saturated rings. The molecule has 0 aliphatic heterocycles. The monoisotopic (exact) mass is 292 g/mol. The zero-order chi connectivity index (χ0) is 15.3. The van der Waals surface area contributed by atoms with Gasteiger partial charge in [-0.25, -0.2) is 4.79 Å². The van der Waals surface area contributed by atoms with E-state index in [0.717, 1.165) is 17.7 Å². The number of urea groups is 1. The van der Waals surface area contributed by atoms with Crippen LogP contribution < -0.4 is 15.4 Å². The minimum absolute atomic E-state index is 0.173. The van der Waals surface area contributed by atoms with Crippen molar-refractivity contribution in [3.05, 3.63) is 29.8 Å². The highest BCUT2D eigenvalue weighted by Crippen LogP contribution is 2.40. The molecule has 0 unspecified atom stereocenters. The number of hydrogen-bond donors (Lipinski definition) is 3. The van der Waals surface area contributed by atoms with Crippen molar-refractivity contribution in [1.82, 2.24) is 10.6 Å². The van der Waals surface area contributed by atoms with Gasteiger partial charge in [0.05, 0.1) is 12.5 Å². The third-order valence-electron chi connectivity index (χ3n) is 3.94. The maximum absolute atomic E-state index is 11.7. The summed E-state index contributed by atoms with van der Waals surface area (Å²) in [7, 11) is 1.59. The van der Waals surface area contributed by atoms with E-state index in [-0.39, 0.29) is 12.6 Å². The summed E-state index contributed by atoms with van der Waals surface area (Å²) in [6, 6.07) is 7.04. The zero-order valence-electron chi connectivity index (χ0n) is 12.0. The molecule has 0 radical (unpaired) electrons. The summed E-state index contributed by atoms with van der Waals surface area (Å²) in [5.74, 6) is -0.101. The zero-order valence-corrected chi connectivity index (χ0v) is 12.0. The Kier molecular flexibility index (Phi) is 4.67. The molecule has 1 aliphatic rings. The molecular weight excluding hydrogens is 272 g/mol. The van der Waals surface area contributed by atoms with Crippen molar-refractivity contribution in [3.8, 4) is 5.75 Å². The molecule has 1 aromatic carbocycles. The van der Waals surface area contributed by atoms with Gasteiger partial charge in [-0.15, -0.1) is 0 Å². The molecular formula is C15H20N2O4. The first-order chi connectivity index (χ1) is 10.1. The Morgan fingerprint density at radius 2 is 2.10 bits per heavy atom. The van der Waals surface area contributed by atoms with Crippen LogP contribution in [0.2, 0.25) is 0 Å². The maximum atomic E-state index is 11.7. The molecule has 1 aromatic rings. The Morgan fingerprint density at radius 3 is 2.67 bits per heavy atom. The van der Waals surface area contributed by atoms with E-state index in [1.165, 1.54) is 0 Å². The van der Waals surface area contributed by atoms with E-state index in [0.29, 0.717) is 19.4 Å². The van der Waals surface area contributed by atoms with Crippen molar-refractivity contribution in [2.75, 3.05) is 13.7 Å². The number of benzene rings is 1. The number of nitrogens with one attached hydrogen (secondary N) is 2. The number of ether oxygens (including phenoxy) is 1. The molecule has 2 rings (SSSR count). The standard InChI is InChI=1S/C15H20N2O4/c1-21-12-5-2-4-11(8-12)9-16-14(20)17-10-15(13(18)19)6-3-7-15/h2,4-5,8H,3,6-7,9-10H2,1H3,(H,18,19)(H2,16,17,20). The SMILES string of the molecule is COc1cccc(CNC(=O)NCC2(C(=O)O)CCC2)c1. The summed E-state index contributed by atoms with van der Waals surface area (Å²) in [6.07, 6.45) is 2.15. The average Bonchev–Trinajstić information content (AvgIpc) is 2.44. The lowest BCUT2D eigenvalue weighted by Crippen LogP contribution is -2.49. The Morgan fingerprint density at radius 1 is 1.33 bits per heavy atom. The van der Waals surface area contributed by atoms with Crippen LogP contribution in [0.3, 0.4) is 0 Å². The predicted molar refractivity (Wildman–Crippen MR) is 77.2 cm³/mol. The summed E-state index contributed by atoms with van der Waals surface area (Å²) in [5.41, 5.74) is 0.147. The van der Waals surface area contributed by atoms with E-state index >= 15 is 0 Å². The minimum Gasteiger partial charge on any atom is -0.497 e. The fourth-order valence-corrected chi connectivity index (χ4v) is 2.35. The van der Waals surface area contributed by atoms with E-state index in [9.17, 15) is 14.7 Å². The summed E-state index contributed by atoms with van der Waals surface area (Å²) in [6.45, 7) is 0.537. The average molecular weight is 292 g/mol. The van der Waals surface area contributed by atoms with Crippen molar-refractivity contribution < 1.29 is 19.4 Å². The van der Waals surface area contributed by atoms with Gasteiger partial charge in [0.1, 0.15) is 5.75 Å². The molecule has 6 nitrogen and oxygen atoms in total. The third-order valence-corrected chi connectivity index (χ3v) is 3.94. The summed E-state index contributed by atoms with van der Waals surface area (Å²) in [5, 5.41) is 14.5. The molecule has 6 heteroatoms. The van der Waals surface area contributed by atoms with Gasteiger partial charge in [-0.3, -0.25) is 4.79 Å². The number of rotatable bonds is 6. The summed E-state index contributed by atoms with van der Waals surface area (Å²) in [4.78, 5) is 22.9. The lowest BCUT2D eigenvalue weighted by atomic mass is 9.69. The Balaban J connectivity index is 1.78. The summed E-state index contributed by atoms with van der Waals surface area (Å²) < 4.78 is 5.11. The third kappa shape index (κ3) is 3.65. The van der Waals surface area contributed by atoms with Crippen molar-refractivity contribution >= 4 is 12.0 Å². The van der Waals surface area contributed by atoms with Gasteiger partial charge in [0.25, 0.3) is 0 Å². The van der Waals surface area contributed by atoms with Crippen molar-refractivity contribution in [2.24, 2.45) is 5.41 Å². The highest BCUT2D eigenvalue weighted by Gasteiger charge is 2.44. The minimum atomic E-state index is -0.832. The Hall–Kier alpha value is -2.24. The molecule has 0 heterocycles. The van der Waals surface area contributed by atoms with Gasteiger partial charge in [-0.1, -0.05) is 18.6 Å². The molecule has 0 bridgehead atoms. The Bertz CT molecular complexity index is 526. The first kappa shape index (κ1) is 15.2. The molecule has 1 saturated carbocycles. The fraction of sp³-hybridized carbons (Fsp3) is 0.467. The number of aliphatic carboxylic acids is 1. The molecule has 2 amide bonds. The second kappa shape index (κ2) is 6.47. The van der Waals surface area contributed by atoms with E-state index in [4.69, 9.17) is 4.74 Å². The van der Waals surface area contributed by atoms with Gasteiger partial charge < -0.3 is 20.5 Å². The largest absolute Gasteiger partial charge is 0.497 e. The van der Waals surface area contributed by atoms with Gasteiger partial charge >= 0.3 is 12.0 Å². The van der Waals surface area contributed by atoms with Crippen LogP contribution in [0.5, 0.6) is 5.75 Å². The van der Waals surface area contributed by atoms with Crippen LogP contribution in [-0.4, -0.2) is 30.8 Å². The predicted octanol–water partition coefficient (Wildman–Crippen LogP) is 1.75. The van der Waals surface area contributed by atoms with Gasteiger partial charge in [0.15, 0.2) is 0 Å². The van der Waals surface area contributed by atoms with Crippen LogP contribution >= 0.6 is 0 Å². The fourth-order valence-electron chi connectivity index (χ4n) is 2.35. The molecule has 21 heavy (non-hydrogen) atoms. The van der Waals surface area contributed by atoms with Gasteiger partial charge in [0, 0.05) is 13.1 Å². The second-order valence-corrected chi connectivity index (χ2v) is 5.33. The number of carboxylic acids is 1. The first-order valence-electron chi connectivity index (χ1n) is 6.94. The van der Waals surface area contributed by atoms with Crippen LogP contribution in [0.15, 0.2) is 24.3 Å². The van der Waals surface area contributed by atoms with Crippen LogP contribution in [0.4, 0.5) is 4.79 Å². The van der Waals surface area contributed by atoms with Crippen molar-refractivity contribution in [1.29, 1.82) is 0 Å². The highest BCUT2D eigenvalue weighted by molar-refractivity contribution is 5.78. The molecule has 0 saturated heterocycles. The van der Waals surface area contributed by atoms with Gasteiger partial charge in [0.2, 0.25) is 0 Å². The number of amides is 2. The van der Waals surface area contributed by atoms with Crippen LogP contribution in [0, 0.1) is 5.41 Å². The van der Waals surface area contributed by atoms with E-state index < -0.39 is 11.4 Å². The number of carbonyl (C=O) groups is 2. The van der Waals surface area contributed by atoms with Crippen molar-refractivity contribution in [2.45, 2.75) is 25.8 Å². The van der Waals surface area contributed by atoms with Gasteiger partial charge in [-0.05, 0) is 30.5 Å². The number of hydrogen-bond acceptors (Lipinski definition) is 3. The van der Waals surface area contributed by atoms with E-state index in [2.05, 4.69) is 10.6 Å². The quantitative estimate of drug-likeness (QED) is 0.745. The lowest BCUT2D eigenvalue weighted by Gasteiger charge is -2.37. The van der Waals surface area contributed by atoms with Crippen LogP contribution in [-0.2, 0) is 11.3 Å². The maximum Gasteiger partial charge on any atom is 0.315 e. The molecule has 3 N–H and O–H groups in total. The molecule has 114 valence electrons. The molecule has 1 aliphatic carbocycles. The van der Waals surface area contributed by atoms with E-state index in [1.807, 2.05) is 24.3 Å². The number of carboxylic acid groups (broad SMARTS) is 1. The molecule has 0 aromatic heterocycles. The van der Waals surface area contributed by atoms with Gasteiger partial charge in [-0.2, -0.15) is 0 Å². The molecule has 0 spiro atoms. The first-order valence-corrected chi connectivity index (χ1v) is 6.94. The molecule has 0 atom stereocenters. The summed E-state index contributed by atoms with van der Waals surface area (Å²) >= 11 is 0. The second-order valence-electron chi connectivity index (χ2n) is 5.33.